The maximum Gasteiger partial charge on any atom is 0.161 e. The predicted octanol–water partition coefficient (Wildman–Crippen LogP) is 2.71. The fourth-order valence-corrected chi connectivity index (χ4v) is 2.29. The summed E-state index contributed by atoms with van der Waals surface area (Å²) in [4.78, 5) is 4.45. The van der Waals surface area contributed by atoms with Gasteiger partial charge in [0.05, 0.1) is 11.6 Å². The van der Waals surface area contributed by atoms with E-state index in [1.165, 1.54) is 0 Å². The number of nitrogens with one attached hydrogen (secondary N) is 1. The zero-order valence-corrected chi connectivity index (χ0v) is 9.92. The van der Waals surface area contributed by atoms with Crippen molar-refractivity contribution in [1.82, 2.24) is 0 Å². The molecule has 3 nitrogen and oxygen atoms in total. The third-order valence-electron chi connectivity index (χ3n) is 2.32. The van der Waals surface area contributed by atoms with E-state index in [4.69, 9.17) is 5.26 Å². The van der Waals surface area contributed by atoms with Crippen molar-refractivity contribution in [1.29, 1.82) is 5.26 Å². The first-order valence-corrected chi connectivity index (χ1v) is 6.21. The number of hydrogen-bond acceptors (Lipinski definition) is 4. The molecule has 1 atom stereocenters. The Morgan fingerprint density at radius 1 is 1.44 bits per heavy atom. The van der Waals surface area contributed by atoms with Crippen molar-refractivity contribution in [3.8, 4) is 6.07 Å². The van der Waals surface area contributed by atoms with Crippen molar-refractivity contribution in [2.75, 3.05) is 17.6 Å². The summed E-state index contributed by atoms with van der Waals surface area (Å²) in [6, 6.07) is 9.51. The highest BCUT2D eigenvalue weighted by atomic mass is 32.2. The summed E-state index contributed by atoms with van der Waals surface area (Å²) in [5, 5.41) is 12.9. The molecule has 1 unspecified atom stereocenters. The second-order valence-electron chi connectivity index (χ2n) is 3.88. The molecule has 0 bridgehead atoms. The summed E-state index contributed by atoms with van der Waals surface area (Å²) in [5.41, 5.74) is 1.66. The third-order valence-corrected chi connectivity index (χ3v) is 3.56. The minimum Gasteiger partial charge on any atom is -0.335 e. The number of rotatable bonds is 1. The molecule has 2 rings (SSSR count). The largest absolute Gasteiger partial charge is 0.335 e. The highest BCUT2D eigenvalue weighted by Gasteiger charge is 2.11. The van der Waals surface area contributed by atoms with Crippen LogP contribution in [-0.2, 0) is 0 Å². The number of nitriles is 1. The van der Waals surface area contributed by atoms with Crippen LogP contribution in [0.3, 0.4) is 0 Å². The van der Waals surface area contributed by atoms with Gasteiger partial charge in [-0.1, -0.05) is 18.7 Å². The van der Waals surface area contributed by atoms with E-state index in [0.717, 1.165) is 23.2 Å². The second-order valence-corrected chi connectivity index (χ2v) is 4.88. The molecule has 1 aromatic carbocycles. The predicted molar refractivity (Wildman–Crippen MR) is 68.7 cm³/mol. The Balaban J connectivity index is 2.01. The molecule has 0 aromatic heterocycles. The standard InChI is InChI=1S/C12H13N3S/c1-9-7-14-12(16-8-9)15-11-4-2-10(6-13)3-5-11/h2-5,9H,7-8H2,1H3,(H,14,15). The molecule has 1 N–H and O–H groups in total. The van der Waals surface area contributed by atoms with Gasteiger partial charge in [0.15, 0.2) is 5.17 Å². The molecule has 1 aromatic rings. The quantitative estimate of drug-likeness (QED) is 0.808. The Hall–Kier alpha value is -1.47. The fraction of sp³-hybridized carbons (Fsp3) is 0.333. The van der Waals surface area contributed by atoms with Gasteiger partial charge in [0, 0.05) is 18.0 Å². The van der Waals surface area contributed by atoms with E-state index >= 15 is 0 Å². The lowest BCUT2D eigenvalue weighted by molar-refractivity contribution is 0.674. The first-order valence-electron chi connectivity index (χ1n) is 5.22. The van der Waals surface area contributed by atoms with Crippen LogP contribution in [0, 0.1) is 17.2 Å². The Labute approximate surface area is 99.6 Å². The molecule has 0 radical (unpaired) electrons. The first-order chi connectivity index (χ1) is 7.78. The maximum absolute atomic E-state index is 8.68. The molecule has 0 amide bonds. The number of aliphatic imine (C=N–C) groups is 1. The summed E-state index contributed by atoms with van der Waals surface area (Å²) in [7, 11) is 0. The van der Waals surface area contributed by atoms with Gasteiger partial charge in [0.25, 0.3) is 0 Å². The SMILES string of the molecule is CC1CN=C(Nc2ccc(C#N)cc2)SC1. The molecular formula is C12H13N3S. The van der Waals surface area contributed by atoms with Gasteiger partial charge in [-0.2, -0.15) is 5.26 Å². The van der Waals surface area contributed by atoms with Crippen molar-refractivity contribution < 1.29 is 0 Å². The Bertz CT molecular complexity index is 431. The van der Waals surface area contributed by atoms with Gasteiger partial charge >= 0.3 is 0 Å². The topological polar surface area (TPSA) is 48.2 Å². The third kappa shape index (κ3) is 2.77. The van der Waals surface area contributed by atoms with Crippen molar-refractivity contribution in [3.05, 3.63) is 29.8 Å². The monoisotopic (exact) mass is 231 g/mol. The molecule has 1 aliphatic heterocycles. The van der Waals surface area contributed by atoms with Crippen LogP contribution in [0.5, 0.6) is 0 Å². The molecule has 0 aliphatic carbocycles. The highest BCUT2D eigenvalue weighted by molar-refractivity contribution is 8.14. The molecule has 4 heteroatoms. The Morgan fingerprint density at radius 2 is 2.19 bits per heavy atom. The average molecular weight is 231 g/mol. The number of amidine groups is 1. The summed E-state index contributed by atoms with van der Waals surface area (Å²) in [6.45, 7) is 3.10. The second kappa shape index (κ2) is 5.04. The van der Waals surface area contributed by atoms with E-state index in [0.29, 0.717) is 11.5 Å². The van der Waals surface area contributed by atoms with Crippen LogP contribution in [0.25, 0.3) is 0 Å². The number of hydrogen-bond donors (Lipinski definition) is 1. The van der Waals surface area contributed by atoms with Crippen molar-refractivity contribution in [2.45, 2.75) is 6.92 Å². The molecule has 1 heterocycles. The van der Waals surface area contributed by atoms with Crippen LogP contribution in [0.15, 0.2) is 29.3 Å². The molecular weight excluding hydrogens is 218 g/mol. The number of thioether (sulfide) groups is 1. The van der Waals surface area contributed by atoms with Crippen molar-refractivity contribution in [2.24, 2.45) is 10.9 Å². The van der Waals surface area contributed by atoms with E-state index in [2.05, 4.69) is 23.3 Å². The summed E-state index contributed by atoms with van der Waals surface area (Å²) in [6.07, 6.45) is 0. The maximum atomic E-state index is 8.68. The van der Waals surface area contributed by atoms with Crippen LogP contribution in [0.1, 0.15) is 12.5 Å². The molecule has 0 spiro atoms. The van der Waals surface area contributed by atoms with Gasteiger partial charge in [-0.15, -0.1) is 0 Å². The van der Waals surface area contributed by atoms with Gasteiger partial charge in [-0.25, -0.2) is 0 Å². The average Bonchev–Trinajstić information content (AvgIpc) is 2.33. The van der Waals surface area contributed by atoms with Gasteiger partial charge in [0.1, 0.15) is 0 Å². The summed E-state index contributed by atoms with van der Waals surface area (Å²) >= 11 is 1.75. The zero-order chi connectivity index (χ0) is 11.4. The molecule has 1 aliphatic rings. The Kier molecular flexibility index (Phi) is 3.47. The first kappa shape index (κ1) is 11.0. The van der Waals surface area contributed by atoms with E-state index in [1.54, 1.807) is 23.9 Å². The van der Waals surface area contributed by atoms with Gasteiger partial charge in [-0.05, 0) is 30.2 Å². The lowest BCUT2D eigenvalue weighted by atomic mass is 10.2. The van der Waals surface area contributed by atoms with E-state index in [-0.39, 0.29) is 0 Å². The van der Waals surface area contributed by atoms with Crippen molar-refractivity contribution >= 4 is 22.6 Å². The number of benzene rings is 1. The van der Waals surface area contributed by atoms with Crippen LogP contribution < -0.4 is 5.32 Å². The molecule has 16 heavy (non-hydrogen) atoms. The molecule has 0 fully saturated rings. The van der Waals surface area contributed by atoms with Crippen LogP contribution in [-0.4, -0.2) is 17.5 Å². The lowest BCUT2D eigenvalue weighted by Gasteiger charge is -2.17. The van der Waals surface area contributed by atoms with Gasteiger partial charge in [-0.3, -0.25) is 4.99 Å². The van der Waals surface area contributed by atoms with Gasteiger partial charge in [0.2, 0.25) is 0 Å². The molecule has 82 valence electrons. The fourth-order valence-electron chi connectivity index (χ4n) is 1.39. The normalized spacial score (nSPS) is 19.8. The van der Waals surface area contributed by atoms with E-state index < -0.39 is 0 Å². The van der Waals surface area contributed by atoms with Crippen LogP contribution in [0.2, 0.25) is 0 Å². The number of anilines is 1. The molecule has 0 saturated heterocycles. The smallest absolute Gasteiger partial charge is 0.161 e. The minimum atomic E-state index is 0.663. The van der Waals surface area contributed by atoms with Gasteiger partial charge < -0.3 is 5.32 Å². The Morgan fingerprint density at radius 3 is 2.75 bits per heavy atom. The minimum absolute atomic E-state index is 0.663. The number of nitrogens with zero attached hydrogens (tertiary/aromatic N) is 2. The lowest BCUT2D eigenvalue weighted by Crippen LogP contribution is -2.18. The zero-order valence-electron chi connectivity index (χ0n) is 9.10. The van der Waals surface area contributed by atoms with Crippen LogP contribution >= 0.6 is 11.8 Å². The van der Waals surface area contributed by atoms with Crippen LogP contribution in [0.4, 0.5) is 5.69 Å². The van der Waals surface area contributed by atoms with Crippen molar-refractivity contribution in [3.63, 3.8) is 0 Å². The van der Waals surface area contributed by atoms with E-state index in [9.17, 15) is 0 Å². The summed E-state index contributed by atoms with van der Waals surface area (Å²) < 4.78 is 0. The highest BCUT2D eigenvalue weighted by Crippen LogP contribution is 2.19. The summed E-state index contributed by atoms with van der Waals surface area (Å²) in [5.74, 6) is 1.78. The van der Waals surface area contributed by atoms with E-state index in [1.807, 2.05) is 12.1 Å². The molecule has 0 saturated carbocycles.